The molecular formula is C14H23N3O3S. The summed E-state index contributed by atoms with van der Waals surface area (Å²) in [6.45, 7) is 5.15. The number of nitrogens with two attached hydrogens (primary N) is 2. The van der Waals surface area contributed by atoms with E-state index in [9.17, 15) is 13.2 Å². The number of nitrogens with one attached hydrogen (secondary N) is 1. The summed E-state index contributed by atoms with van der Waals surface area (Å²) in [6.07, 6.45) is 0.629. The second kappa shape index (κ2) is 6.55. The first-order valence-corrected chi connectivity index (χ1v) is 8.23. The zero-order valence-electron chi connectivity index (χ0n) is 12.6. The predicted molar refractivity (Wildman–Crippen MR) is 81.9 cm³/mol. The van der Waals surface area contributed by atoms with Crippen LogP contribution >= 0.6 is 0 Å². The third-order valence-corrected chi connectivity index (χ3v) is 4.76. The average molecular weight is 313 g/mol. The third kappa shape index (κ3) is 5.11. The summed E-state index contributed by atoms with van der Waals surface area (Å²) >= 11 is 0. The smallest absolute Gasteiger partial charge is 0.241 e. The summed E-state index contributed by atoms with van der Waals surface area (Å²) in [4.78, 5) is 11.1. The van der Waals surface area contributed by atoms with Gasteiger partial charge in [0.1, 0.15) is 0 Å². The number of benzene rings is 1. The topological polar surface area (TPSA) is 115 Å². The summed E-state index contributed by atoms with van der Waals surface area (Å²) in [6, 6.07) is 6.28. The molecule has 0 saturated heterocycles. The fourth-order valence-corrected chi connectivity index (χ4v) is 3.51. The van der Waals surface area contributed by atoms with Crippen LogP contribution in [0.25, 0.3) is 0 Å². The summed E-state index contributed by atoms with van der Waals surface area (Å²) < 4.78 is 27.3. The maximum Gasteiger partial charge on any atom is 0.241 e. The fourth-order valence-electron chi connectivity index (χ4n) is 2.04. The van der Waals surface area contributed by atoms with E-state index >= 15 is 0 Å². The van der Waals surface area contributed by atoms with Crippen molar-refractivity contribution in [1.29, 1.82) is 0 Å². The maximum atomic E-state index is 12.4. The molecule has 0 aromatic heterocycles. The van der Waals surface area contributed by atoms with Gasteiger partial charge in [-0.05, 0) is 38.0 Å². The molecule has 0 heterocycles. The molecule has 1 atom stereocenters. The summed E-state index contributed by atoms with van der Waals surface area (Å²) in [7, 11) is -3.74. The SMILES string of the molecule is CCC(N)c1cccc(S(=O)(=O)NC(C)(C)CC(N)=O)c1. The van der Waals surface area contributed by atoms with Crippen LogP contribution in [0, 0.1) is 0 Å². The molecule has 6 nitrogen and oxygen atoms in total. The first-order valence-electron chi connectivity index (χ1n) is 6.75. The number of carbonyl (C=O) groups excluding carboxylic acids is 1. The minimum absolute atomic E-state index is 0.0829. The average Bonchev–Trinajstić information content (AvgIpc) is 2.35. The Morgan fingerprint density at radius 1 is 1.38 bits per heavy atom. The number of rotatable bonds is 7. The highest BCUT2D eigenvalue weighted by molar-refractivity contribution is 7.89. The van der Waals surface area contributed by atoms with Crippen molar-refractivity contribution in [2.24, 2.45) is 11.5 Å². The highest BCUT2D eigenvalue weighted by Crippen LogP contribution is 2.20. The van der Waals surface area contributed by atoms with Crippen molar-refractivity contribution in [3.63, 3.8) is 0 Å². The molecule has 1 aromatic carbocycles. The van der Waals surface area contributed by atoms with Crippen LogP contribution in [0.2, 0.25) is 0 Å². The van der Waals surface area contributed by atoms with Gasteiger partial charge in [0.2, 0.25) is 15.9 Å². The lowest BCUT2D eigenvalue weighted by Gasteiger charge is -2.24. The van der Waals surface area contributed by atoms with Crippen LogP contribution < -0.4 is 16.2 Å². The molecular weight excluding hydrogens is 290 g/mol. The highest BCUT2D eigenvalue weighted by Gasteiger charge is 2.28. The standard InChI is InChI=1S/C14H23N3O3S/c1-4-12(15)10-6-5-7-11(8-10)21(19,20)17-14(2,3)9-13(16)18/h5-8,12,17H,4,9,15H2,1-3H3,(H2,16,18). The molecule has 118 valence electrons. The predicted octanol–water partition coefficient (Wildman–Crippen LogP) is 1.03. The van der Waals surface area contributed by atoms with Gasteiger partial charge in [0, 0.05) is 18.0 Å². The quantitative estimate of drug-likeness (QED) is 0.697. The van der Waals surface area contributed by atoms with E-state index in [1.165, 1.54) is 6.07 Å². The Morgan fingerprint density at radius 2 is 2.00 bits per heavy atom. The monoisotopic (exact) mass is 313 g/mol. The molecule has 0 spiro atoms. The van der Waals surface area contributed by atoms with Gasteiger partial charge in [-0.1, -0.05) is 19.1 Å². The van der Waals surface area contributed by atoms with Gasteiger partial charge in [-0.2, -0.15) is 0 Å². The number of hydrogen-bond acceptors (Lipinski definition) is 4. The minimum atomic E-state index is -3.74. The fraction of sp³-hybridized carbons (Fsp3) is 0.500. The second-order valence-corrected chi connectivity index (χ2v) is 7.40. The van der Waals surface area contributed by atoms with Crippen LogP contribution in [0.3, 0.4) is 0 Å². The Balaban J connectivity index is 3.06. The molecule has 1 rings (SSSR count). The highest BCUT2D eigenvalue weighted by atomic mass is 32.2. The third-order valence-electron chi connectivity index (χ3n) is 3.06. The minimum Gasteiger partial charge on any atom is -0.370 e. The molecule has 0 aliphatic carbocycles. The molecule has 5 N–H and O–H groups in total. The molecule has 0 radical (unpaired) electrons. The van der Waals surface area contributed by atoms with Crippen molar-refractivity contribution in [2.75, 3.05) is 0 Å². The normalized spacial score (nSPS) is 13.9. The lowest BCUT2D eigenvalue weighted by atomic mass is 10.0. The molecule has 1 aromatic rings. The molecule has 1 amide bonds. The van der Waals surface area contributed by atoms with Gasteiger partial charge in [-0.3, -0.25) is 4.79 Å². The van der Waals surface area contributed by atoms with Crippen molar-refractivity contribution in [3.8, 4) is 0 Å². The lowest BCUT2D eigenvalue weighted by Crippen LogP contribution is -2.45. The van der Waals surface area contributed by atoms with E-state index in [2.05, 4.69) is 4.72 Å². The number of carbonyl (C=O) groups is 1. The van der Waals surface area contributed by atoms with Gasteiger partial charge in [-0.25, -0.2) is 13.1 Å². The Labute approximate surface area is 126 Å². The first kappa shape index (κ1) is 17.6. The zero-order valence-corrected chi connectivity index (χ0v) is 13.4. The molecule has 0 aliphatic heterocycles. The van der Waals surface area contributed by atoms with Crippen LogP contribution in [0.4, 0.5) is 0 Å². The molecule has 0 fully saturated rings. The molecule has 7 heteroatoms. The Kier molecular flexibility index (Phi) is 5.49. The van der Waals surface area contributed by atoms with Gasteiger partial charge >= 0.3 is 0 Å². The molecule has 21 heavy (non-hydrogen) atoms. The van der Waals surface area contributed by atoms with Crippen molar-refractivity contribution in [1.82, 2.24) is 4.72 Å². The van der Waals surface area contributed by atoms with Crippen LogP contribution in [-0.2, 0) is 14.8 Å². The van der Waals surface area contributed by atoms with E-state index in [1.54, 1.807) is 32.0 Å². The van der Waals surface area contributed by atoms with Gasteiger partial charge in [0.05, 0.1) is 4.90 Å². The number of hydrogen-bond donors (Lipinski definition) is 3. The lowest BCUT2D eigenvalue weighted by molar-refractivity contribution is -0.119. The summed E-state index contributed by atoms with van der Waals surface area (Å²) in [5, 5.41) is 0. The molecule has 0 aliphatic rings. The Morgan fingerprint density at radius 3 is 2.52 bits per heavy atom. The molecule has 0 saturated carbocycles. The summed E-state index contributed by atoms with van der Waals surface area (Å²) in [5.74, 6) is -0.565. The zero-order chi connectivity index (χ0) is 16.3. The number of primary amides is 1. The van der Waals surface area contributed by atoms with E-state index in [0.29, 0.717) is 6.42 Å². The summed E-state index contributed by atoms with van der Waals surface area (Å²) in [5.41, 5.74) is 10.9. The van der Waals surface area contributed by atoms with Gasteiger partial charge in [0.25, 0.3) is 0 Å². The number of sulfonamides is 1. The van der Waals surface area contributed by atoms with Crippen LogP contribution in [-0.4, -0.2) is 19.9 Å². The van der Waals surface area contributed by atoms with Crippen LogP contribution in [0.15, 0.2) is 29.2 Å². The van der Waals surface area contributed by atoms with E-state index in [4.69, 9.17) is 11.5 Å². The largest absolute Gasteiger partial charge is 0.370 e. The van der Waals surface area contributed by atoms with E-state index < -0.39 is 21.5 Å². The van der Waals surface area contributed by atoms with Crippen molar-refractivity contribution in [3.05, 3.63) is 29.8 Å². The van der Waals surface area contributed by atoms with Gasteiger partial charge < -0.3 is 11.5 Å². The maximum absolute atomic E-state index is 12.4. The first-order chi connectivity index (χ1) is 9.57. The second-order valence-electron chi connectivity index (χ2n) is 5.72. The van der Waals surface area contributed by atoms with Gasteiger partial charge in [-0.15, -0.1) is 0 Å². The van der Waals surface area contributed by atoms with Crippen molar-refractivity contribution < 1.29 is 13.2 Å². The molecule has 0 bridgehead atoms. The van der Waals surface area contributed by atoms with E-state index in [1.807, 2.05) is 6.92 Å². The van der Waals surface area contributed by atoms with E-state index in [-0.39, 0.29) is 17.4 Å². The van der Waals surface area contributed by atoms with Crippen LogP contribution in [0.1, 0.15) is 45.2 Å². The van der Waals surface area contributed by atoms with E-state index in [0.717, 1.165) is 5.56 Å². The Hall–Kier alpha value is -1.44. The molecule has 1 unspecified atom stereocenters. The van der Waals surface area contributed by atoms with Crippen molar-refractivity contribution >= 4 is 15.9 Å². The van der Waals surface area contributed by atoms with Crippen LogP contribution in [0.5, 0.6) is 0 Å². The van der Waals surface area contributed by atoms with Gasteiger partial charge in [0.15, 0.2) is 0 Å². The number of amides is 1. The van der Waals surface area contributed by atoms with Crippen molar-refractivity contribution in [2.45, 2.75) is 50.1 Å². The Bertz CT molecular complexity index is 612.